The van der Waals surface area contributed by atoms with E-state index in [2.05, 4.69) is 55.7 Å². The molecule has 1 aromatic heterocycles. The summed E-state index contributed by atoms with van der Waals surface area (Å²) in [6.07, 6.45) is 4.68. The van der Waals surface area contributed by atoms with E-state index in [-0.39, 0.29) is 0 Å². The monoisotopic (exact) mass is 255 g/mol. The minimum absolute atomic E-state index is 0.342. The Kier molecular flexibility index (Phi) is 3.38. The highest BCUT2D eigenvalue weighted by atomic mass is 15.3. The number of para-hydroxylation sites is 1. The Labute approximate surface area is 114 Å². The molecule has 0 aliphatic heterocycles. The number of aromatic nitrogens is 2. The predicted octanol–water partition coefficient (Wildman–Crippen LogP) is 3.42. The van der Waals surface area contributed by atoms with Crippen molar-refractivity contribution in [1.29, 1.82) is 0 Å². The molecular weight excluding hydrogens is 234 g/mol. The van der Waals surface area contributed by atoms with Gasteiger partial charge in [-0.2, -0.15) is 5.10 Å². The summed E-state index contributed by atoms with van der Waals surface area (Å²) < 4.78 is 2.02. The highest BCUT2D eigenvalue weighted by Crippen LogP contribution is 2.39. The van der Waals surface area contributed by atoms with Gasteiger partial charge < -0.3 is 5.32 Å². The lowest BCUT2D eigenvalue weighted by atomic mass is 10.1. The van der Waals surface area contributed by atoms with E-state index in [9.17, 15) is 0 Å². The van der Waals surface area contributed by atoms with E-state index in [1.54, 1.807) is 0 Å². The molecule has 0 saturated heterocycles. The van der Waals surface area contributed by atoms with Crippen LogP contribution in [0, 0.1) is 0 Å². The number of nitrogens with zero attached hydrogens (tertiary/aromatic N) is 2. The first-order valence-corrected chi connectivity index (χ1v) is 7.18. The van der Waals surface area contributed by atoms with Crippen LogP contribution in [-0.2, 0) is 0 Å². The molecule has 1 unspecified atom stereocenters. The van der Waals surface area contributed by atoms with Gasteiger partial charge in [-0.3, -0.25) is 0 Å². The molecule has 1 aliphatic rings. The molecule has 0 spiro atoms. The van der Waals surface area contributed by atoms with E-state index >= 15 is 0 Å². The van der Waals surface area contributed by atoms with Gasteiger partial charge >= 0.3 is 0 Å². The van der Waals surface area contributed by atoms with Crippen molar-refractivity contribution in [2.75, 3.05) is 6.54 Å². The molecule has 3 rings (SSSR count). The minimum atomic E-state index is 0.342. The molecule has 1 saturated carbocycles. The molecule has 3 nitrogen and oxygen atoms in total. The molecule has 100 valence electrons. The molecule has 0 amide bonds. The second-order valence-corrected chi connectivity index (χ2v) is 5.30. The maximum absolute atomic E-state index is 4.73. The predicted molar refractivity (Wildman–Crippen MR) is 77.6 cm³/mol. The SMILES string of the molecule is CCNC(C)c1ccccc1-n1ccc(C2CC2)n1. The van der Waals surface area contributed by atoms with Gasteiger partial charge in [-0.05, 0) is 44.0 Å². The molecule has 1 N–H and O–H groups in total. The Morgan fingerprint density at radius 2 is 2.11 bits per heavy atom. The van der Waals surface area contributed by atoms with E-state index in [4.69, 9.17) is 5.10 Å². The first-order valence-electron chi connectivity index (χ1n) is 7.18. The Hall–Kier alpha value is -1.61. The molecular formula is C16H21N3. The van der Waals surface area contributed by atoms with E-state index in [0.717, 1.165) is 6.54 Å². The van der Waals surface area contributed by atoms with Crippen LogP contribution in [0.5, 0.6) is 0 Å². The fourth-order valence-corrected chi connectivity index (χ4v) is 2.55. The van der Waals surface area contributed by atoms with Crippen LogP contribution in [0.15, 0.2) is 36.5 Å². The van der Waals surface area contributed by atoms with Crippen molar-refractivity contribution in [3.63, 3.8) is 0 Å². The molecule has 0 bridgehead atoms. The zero-order valence-electron chi connectivity index (χ0n) is 11.6. The summed E-state index contributed by atoms with van der Waals surface area (Å²) in [7, 11) is 0. The maximum Gasteiger partial charge on any atom is 0.0693 e. The zero-order chi connectivity index (χ0) is 13.2. The maximum atomic E-state index is 4.73. The molecule has 1 fully saturated rings. The largest absolute Gasteiger partial charge is 0.310 e. The van der Waals surface area contributed by atoms with Crippen molar-refractivity contribution < 1.29 is 0 Å². The van der Waals surface area contributed by atoms with Crippen LogP contribution in [0.25, 0.3) is 5.69 Å². The van der Waals surface area contributed by atoms with Crippen molar-refractivity contribution in [2.45, 2.75) is 38.6 Å². The first kappa shape index (κ1) is 12.4. The molecule has 1 atom stereocenters. The Morgan fingerprint density at radius 3 is 2.84 bits per heavy atom. The van der Waals surface area contributed by atoms with Gasteiger partial charge in [-0.15, -0.1) is 0 Å². The molecule has 1 aromatic carbocycles. The van der Waals surface area contributed by atoms with Crippen molar-refractivity contribution in [3.05, 3.63) is 47.8 Å². The summed E-state index contributed by atoms with van der Waals surface area (Å²) in [5, 5.41) is 8.21. The number of hydrogen-bond acceptors (Lipinski definition) is 2. The van der Waals surface area contributed by atoms with Gasteiger partial charge in [0.25, 0.3) is 0 Å². The third-order valence-corrected chi connectivity index (χ3v) is 3.77. The van der Waals surface area contributed by atoms with Crippen LogP contribution in [0.4, 0.5) is 0 Å². The van der Waals surface area contributed by atoms with Gasteiger partial charge in [-0.1, -0.05) is 25.1 Å². The Morgan fingerprint density at radius 1 is 1.32 bits per heavy atom. The quantitative estimate of drug-likeness (QED) is 0.887. The van der Waals surface area contributed by atoms with E-state index in [1.165, 1.54) is 29.8 Å². The van der Waals surface area contributed by atoms with Gasteiger partial charge in [-0.25, -0.2) is 4.68 Å². The van der Waals surface area contributed by atoms with Crippen molar-refractivity contribution in [2.24, 2.45) is 0 Å². The smallest absolute Gasteiger partial charge is 0.0693 e. The molecule has 19 heavy (non-hydrogen) atoms. The van der Waals surface area contributed by atoms with Crippen molar-refractivity contribution >= 4 is 0 Å². The third kappa shape index (κ3) is 2.56. The van der Waals surface area contributed by atoms with Crippen LogP contribution in [0.1, 0.15) is 49.9 Å². The molecule has 3 heteroatoms. The summed E-state index contributed by atoms with van der Waals surface area (Å²) in [6, 6.07) is 11.0. The van der Waals surface area contributed by atoms with Gasteiger partial charge in [0, 0.05) is 18.2 Å². The fourth-order valence-electron chi connectivity index (χ4n) is 2.55. The number of hydrogen-bond donors (Lipinski definition) is 1. The average molecular weight is 255 g/mol. The second kappa shape index (κ2) is 5.17. The molecule has 1 heterocycles. The van der Waals surface area contributed by atoms with E-state index in [0.29, 0.717) is 12.0 Å². The molecule has 0 radical (unpaired) electrons. The van der Waals surface area contributed by atoms with Gasteiger partial charge in [0.15, 0.2) is 0 Å². The second-order valence-electron chi connectivity index (χ2n) is 5.30. The summed E-state index contributed by atoms with van der Waals surface area (Å²) in [5.74, 6) is 0.708. The van der Waals surface area contributed by atoms with E-state index in [1.807, 2.05) is 4.68 Å². The number of rotatable bonds is 5. The van der Waals surface area contributed by atoms with Gasteiger partial charge in [0.1, 0.15) is 0 Å². The van der Waals surface area contributed by atoms with Crippen molar-refractivity contribution in [3.8, 4) is 5.69 Å². The van der Waals surface area contributed by atoms with Crippen molar-refractivity contribution in [1.82, 2.24) is 15.1 Å². The lowest BCUT2D eigenvalue weighted by Crippen LogP contribution is -2.19. The van der Waals surface area contributed by atoms with Crippen LogP contribution in [0.3, 0.4) is 0 Å². The highest BCUT2D eigenvalue weighted by Gasteiger charge is 2.26. The van der Waals surface area contributed by atoms with Crippen LogP contribution >= 0.6 is 0 Å². The lowest BCUT2D eigenvalue weighted by molar-refractivity contribution is 0.593. The van der Waals surface area contributed by atoms with Crippen LogP contribution in [-0.4, -0.2) is 16.3 Å². The normalized spacial score (nSPS) is 16.5. The third-order valence-electron chi connectivity index (χ3n) is 3.77. The fraction of sp³-hybridized carbons (Fsp3) is 0.438. The standard InChI is InChI=1S/C16H21N3/c1-3-17-12(2)14-6-4-5-7-16(14)19-11-10-15(18-19)13-8-9-13/h4-7,10-13,17H,3,8-9H2,1-2H3. The topological polar surface area (TPSA) is 29.9 Å². The summed E-state index contributed by atoms with van der Waals surface area (Å²) in [4.78, 5) is 0. The lowest BCUT2D eigenvalue weighted by Gasteiger charge is -2.17. The van der Waals surface area contributed by atoms with Gasteiger partial charge in [0.2, 0.25) is 0 Å². The van der Waals surface area contributed by atoms with Crippen LogP contribution in [0.2, 0.25) is 0 Å². The average Bonchev–Trinajstić information content (AvgIpc) is 3.17. The molecule has 2 aromatic rings. The first-order chi connectivity index (χ1) is 9.29. The Bertz CT molecular complexity index is 555. The number of nitrogens with one attached hydrogen (secondary N) is 1. The minimum Gasteiger partial charge on any atom is -0.310 e. The molecule has 1 aliphatic carbocycles. The Balaban J connectivity index is 1.93. The summed E-state index contributed by atoms with van der Waals surface area (Å²) >= 11 is 0. The summed E-state index contributed by atoms with van der Waals surface area (Å²) in [5.41, 5.74) is 3.73. The summed E-state index contributed by atoms with van der Waals surface area (Å²) in [6.45, 7) is 5.31. The zero-order valence-corrected chi connectivity index (χ0v) is 11.6. The van der Waals surface area contributed by atoms with E-state index < -0.39 is 0 Å². The van der Waals surface area contributed by atoms with Crippen LogP contribution < -0.4 is 5.32 Å². The number of benzene rings is 1. The van der Waals surface area contributed by atoms with Gasteiger partial charge in [0.05, 0.1) is 11.4 Å². The highest BCUT2D eigenvalue weighted by molar-refractivity contribution is 5.42.